The molecule has 0 aliphatic heterocycles. The van der Waals surface area contributed by atoms with E-state index in [1.54, 1.807) is 12.3 Å². The van der Waals surface area contributed by atoms with Gasteiger partial charge in [0.15, 0.2) is 0 Å². The van der Waals surface area contributed by atoms with Crippen molar-refractivity contribution in [3.05, 3.63) is 108 Å². The molecule has 13 heteroatoms. The van der Waals surface area contributed by atoms with E-state index in [4.69, 9.17) is 0 Å². The topological polar surface area (TPSA) is 160 Å². The van der Waals surface area contributed by atoms with Gasteiger partial charge in [-0.1, -0.05) is 71.9 Å². The molecule has 0 aromatic carbocycles. The Hall–Kier alpha value is -3.85. The van der Waals surface area contributed by atoms with E-state index in [9.17, 15) is 35.0 Å². The van der Waals surface area contributed by atoms with Crippen molar-refractivity contribution in [3.8, 4) is 0 Å². The zero-order chi connectivity index (χ0) is 60.1. The van der Waals surface area contributed by atoms with Crippen LogP contribution in [-0.4, -0.2) is 99.2 Å². The van der Waals surface area contributed by atoms with Crippen LogP contribution in [0, 0.1) is 91.6 Å². The largest absolute Gasteiger partial charge is 0.393 e. The summed E-state index contributed by atoms with van der Waals surface area (Å²) in [5.41, 5.74) is 1.58. The number of fused-ring (bicyclic) bond motifs is 15. The lowest BCUT2D eigenvalue weighted by Crippen LogP contribution is -2.67. The van der Waals surface area contributed by atoms with Gasteiger partial charge < -0.3 is 30.6 Å². The molecule has 12 aliphatic carbocycles. The first kappa shape index (κ1) is 60.1. The molecule has 3 heterocycles. The van der Waals surface area contributed by atoms with E-state index in [1.807, 2.05) is 36.9 Å². The molecule has 3 aromatic heterocycles. The zero-order valence-corrected chi connectivity index (χ0v) is 51.1. The van der Waals surface area contributed by atoms with Gasteiger partial charge in [0.05, 0.1) is 24.5 Å². The molecule has 0 saturated heterocycles. The fraction of sp³-hybridized carbons (Fsp3) is 0.708. The second kappa shape index (κ2) is 21.1. The van der Waals surface area contributed by atoms with E-state index in [1.165, 1.54) is 28.5 Å². The summed E-state index contributed by atoms with van der Waals surface area (Å²) in [5, 5.41) is 64.7. The smallest absolute Gasteiger partial charge is 0.142 e. The van der Waals surface area contributed by atoms with Crippen LogP contribution in [0.4, 0.5) is 17.6 Å². The van der Waals surface area contributed by atoms with Crippen molar-refractivity contribution in [1.82, 2.24) is 15.0 Å². The SMILES string of the molecule is C[C@]12CC[C@H]3[C@@H](CC(F)C4(O)C[C@@H](O)CC[C@]34C)[C@@H]1CC=C2c1cncc(F)c1.C[C@]12CC[C@H]3[C@@H](CC(F)[C@@]4(O)C[C@@H](O)CC[C@]34C)[C@@H]1CC=C2c1cccnc1.C[C@]12CC[C@H]3[C@@H](CC(F)[C@]4(O)C[C@@H](O)CC[C@]34C)[C@@H]1CC=C2c1cccnc1. The Morgan fingerprint density at radius 2 is 0.753 bits per heavy atom. The van der Waals surface area contributed by atoms with Gasteiger partial charge in [0, 0.05) is 66.5 Å². The molecule has 9 saturated carbocycles. The molecule has 3 aromatic rings. The second-order valence-electron chi connectivity index (χ2n) is 31.3. The van der Waals surface area contributed by atoms with Gasteiger partial charge in [0.2, 0.25) is 0 Å². The highest BCUT2D eigenvalue weighted by molar-refractivity contribution is 5.74. The molecule has 0 bridgehead atoms. The van der Waals surface area contributed by atoms with Crippen LogP contribution < -0.4 is 0 Å². The maximum atomic E-state index is 15.5. The van der Waals surface area contributed by atoms with Gasteiger partial charge in [-0.3, -0.25) is 15.0 Å². The van der Waals surface area contributed by atoms with Crippen LogP contribution in [0.1, 0.15) is 193 Å². The summed E-state index contributed by atoms with van der Waals surface area (Å²) in [4.78, 5) is 12.7. The number of aliphatic hydroxyl groups excluding tert-OH is 3. The van der Waals surface area contributed by atoms with Crippen LogP contribution >= 0.6 is 0 Å². The number of alkyl halides is 3. The lowest BCUT2D eigenvalue weighted by atomic mass is 9.42. The monoisotopic (exact) mass is 1170 g/mol. The van der Waals surface area contributed by atoms with Crippen LogP contribution in [0.2, 0.25) is 0 Å². The van der Waals surface area contributed by atoms with Crippen molar-refractivity contribution < 1.29 is 48.2 Å². The van der Waals surface area contributed by atoms with Crippen LogP contribution in [-0.2, 0) is 0 Å². The molecule has 24 atom stereocenters. The van der Waals surface area contributed by atoms with E-state index in [0.29, 0.717) is 86.4 Å². The summed E-state index contributed by atoms with van der Waals surface area (Å²) in [6.45, 7) is 13.2. The van der Waals surface area contributed by atoms with E-state index in [-0.39, 0.29) is 53.2 Å². The summed E-state index contributed by atoms with van der Waals surface area (Å²) in [6, 6.07) is 9.82. The minimum absolute atomic E-state index is 0.0594. The number of hydrogen-bond donors (Lipinski definition) is 6. The number of aromatic nitrogens is 3. The second-order valence-corrected chi connectivity index (χ2v) is 31.3. The fourth-order valence-electron chi connectivity index (χ4n) is 23.3. The Morgan fingerprint density at radius 1 is 0.424 bits per heavy atom. The lowest BCUT2D eigenvalue weighted by molar-refractivity contribution is -0.246. The van der Waals surface area contributed by atoms with E-state index in [0.717, 1.165) is 81.8 Å². The molecular weight excluding hydrogens is 1080 g/mol. The average molecular weight is 1170 g/mol. The standard InChI is InChI=1S/C24H31F2NO2.2C24H32FNO2/c1-22-7-6-20-17(10-21(26)24(29)11-16(28)5-8-23(20,24)2)19(22)4-3-18(22)14-9-15(25)13-27-12-14;2*1-22-9-8-20-17(19(22)6-5-18(22)15-4-3-11-26-14-15)12-21(25)24(28)13-16(27)7-10-23(20,24)2/h3,9,12-13,16-17,19-21,28-29H,4-8,10-11H2,1-2H3;2*3-5,11,14,16-17,19-21,27-28H,6-10,12-13H2,1-2H3/t16-,17-,19-,20-,21?,22+,23+,24?;16-,17-,19-,20-,21?,22+,23+,24+;16-,17-,19-,20-,21?,22+,23+,24-/m000/s1. The molecule has 9 fully saturated rings. The Kier molecular flexibility index (Phi) is 14.9. The third-order valence-corrected chi connectivity index (χ3v) is 28.1. The summed E-state index contributed by atoms with van der Waals surface area (Å²) in [7, 11) is 0. The van der Waals surface area contributed by atoms with E-state index < -0.39 is 69.9 Å². The quantitative estimate of drug-likeness (QED) is 0.140. The van der Waals surface area contributed by atoms with Gasteiger partial charge in [-0.2, -0.15) is 0 Å². The number of nitrogens with zero attached hydrogens (tertiary/aromatic N) is 3. The van der Waals surface area contributed by atoms with Crippen LogP contribution in [0.15, 0.2) is 85.7 Å². The van der Waals surface area contributed by atoms with Crippen molar-refractivity contribution in [2.24, 2.45) is 85.8 Å². The summed E-state index contributed by atoms with van der Waals surface area (Å²) < 4.78 is 60.3. The van der Waals surface area contributed by atoms with Crippen molar-refractivity contribution >= 4 is 16.7 Å². The third kappa shape index (κ3) is 8.85. The number of pyridine rings is 3. The number of allylic oxidation sites excluding steroid dienone is 6. The van der Waals surface area contributed by atoms with Gasteiger partial charge in [-0.15, -0.1) is 0 Å². The summed E-state index contributed by atoms with van der Waals surface area (Å²) >= 11 is 0. The first-order valence-corrected chi connectivity index (χ1v) is 33.0. The van der Waals surface area contributed by atoms with Crippen LogP contribution in [0.5, 0.6) is 0 Å². The van der Waals surface area contributed by atoms with Gasteiger partial charge in [0.1, 0.15) is 41.1 Å². The van der Waals surface area contributed by atoms with Crippen molar-refractivity contribution in [2.45, 2.75) is 230 Å². The Bertz CT molecular complexity index is 2960. The molecule has 462 valence electrons. The molecule has 0 amide bonds. The minimum Gasteiger partial charge on any atom is -0.393 e. The number of rotatable bonds is 3. The van der Waals surface area contributed by atoms with E-state index in [2.05, 4.69) is 86.9 Å². The number of hydrogen-bond acceptors (Lipinski definition) is 9. The molecular formula is C72H95F4N3O6. The Labute approximate surface area is 501 Å². The predicted octanol–water partition coefficient (Wildman–Crippen LogP) is 13.8. The molecule has 12 aliphatic rings. The highest BCUT2D eigenvalue weighted by atomic mass is 19.1. The van der Waals surface area contributed by atoms with Gasteiger partial charge in [-0.25, -0.2) is 17.6 Å². The molecule has 0 radical (unpaired) electrons. The number of aliphatic hydroxyl groups is 6. The molecule has 15 rings (SSSR count). The van der Waals surface area contributed by atoms with Gasteiger partial charge in [0.25, 0.3) is 0 Å². The molecule has 0 spiro atoms. The normalized spacial score (nSPS) is 49.9. The maximum absolute atomic E-state index is 15.5. The average Bonchev–Trinajstić information content (AvgIpc) is 1.87. The third-order valence-electron chi connectivity index (χ3n) is 28.1. The van der Waals surface area contributed by atoms with Gasteiger partial charge >= 0.3 is 0 Å². The zero-order valence-electron chi connectivity index (χ0n) is 51.1. The van der Waals surface area contributed by atoms with Crippen molar-refractivity contribution in [1.29, 1.82) is 0 Å². The Morgan fingerprint density at radius 3 is 1.07 bits per heavy atom. The lowest BCUT2D eigenvalue weighted by Gasteiger charge is -2.64. The summed E-state index contributed by atoms with van der Waals surface area (Å²) in [5.74, 6) is 2.51. The van der Waals surface area contributed by atoms with Crippen molar-refractivity contribution in [3.63, 3.8) is 0 Å². The summed E-state index contributed by atoms with van der Waals surface area (Å²) in [6.07, 6.45) is 26.6. The minimum atomic E-state index is -1.43. The van der Waals surface area contributed by atoms with Gasteiger partial charge in [-0.05, 0) is 237 Å². The predicted molar refractivity (Wildman–Crippen MR) is 321 cm³/mol. The first-order chi connectivity index (χ1) is 40.3. The maximum Gasteiger partial charge on any atom is 0.142 e. The first-order valence-electron chi connectivity index (χ1n) is 33.0. The van der Waals surface area contributed by atoms with Crippen molar-refractivity contribution in [2.75, 3.05) is 0 Å². The highest BCUT2D eigenvalue weighted by Gasteiger charge is 2.71. The molecule has 85 heavy (non-hydrogen) atoms. The van der Waals surface area contributed by atoms with E-state index >= 15 is 13.2 Å². The van der Waals surface area contributed by atoms with Crippen LogP contribution in [0.3, 0.4) is 0 Å². The molecule has 6 N–H and O–H groups in total. The molecule has 4 unspecified atom stereocenters. The Balaban J connectivity index is 0.000000119. The molecule has 9 nitrogen and oxygen atoms in total. The highest BCUT2D eigenvalue weighted by Crippen LogP contribution is 2.72. The van der Waals surface area contributed by atoms with Crippen LogP contribution in [0.25, 0.3) is 16.7 Å². The fourth-order valence-corrected chi connectivity index (χ4v) is 23.3. The number of halogens is 4.